The molecule has 0 aliphatic rings. The number of nitrogens with one attached hydrogen (secondary N) is 1. The van der Waals surface area contributed by atoms with Crippen molar-refractivity contribution in [1.29, 1.82) is 0 Å². The molecule has 1 N–H and O–H groups in total. The van der Waals surface area contributed by atoms with Crippen LogP contribution in [0.3, 0.4) is 0 Å². The second-order valence-corrected chi connectivity index (χ2v) is 13.2. The number of para-hydroxylation sites is 1. The zero-order valence-electron chi connectivity index (χ0n) is 22.5. The largest absolute Gasteiger partial charge is 0.350 e. The van der Waals surface area contributed by atoms with Crippen LogP contribution in [0.4, 0.5) is 5.69 Å². The van der Waals surface area contributed by atoms with Gasteiger partial charge in [-0.1, -0.05) is 68.2 Å². The Morgan fingerprint density at radius 3 is 2.19 bits per heavy atom. The van der Waals surface area contributed by atoms with Gasteiger partial charge in [-0.3, -0.25) is 13.9 Å². The summed E-state index contributed by atoms with van der Waals surface area (Å²) >= 11 is 12.5. The Balaban J connectivity index is 2.56. The second kappa shape index (κ2) is 12.5. The van der Waals surface area contributed by atoms with Crippen molar-refractivity contribution < 1.29 is 18.0 Å². The third kappa shape index (κ3) is 8.62. The molecular formula is C27H37Cl2N3O4S. The van der Waals surface area contributed by atoms with Crippen LogP contribution in [0, 0.1) is 0 Å². The van der Waals surface area contributed by atoms with Gasteiger partial charge in [0.15, 0.2) is 0 Å². The molecule has 0 fully saturated rings. The molecule has 0 aliphatic carbocycles. The van der Waals surface area contributed by atoms with Crippen molar-refractivity contribution in [3.05, 3.63) is 63.6 Å². The molecule has 37 heavy (non-hydrogen) atoms. The zero-order chi connectivity index (χ0) is 28.1. The van der Waals surface area contributed by atoms with Crippen molar-refractivity contribution in [3.8, 4) is 0 Å². The highest BCUT2D eigenvalue weighted by Crippen LogP contribution is 2.30. The number of halogens is 2. The average Bonchev–Trinajstić information content (AvgIpc) is 2.76. The van der Waals surface area contributed by atoms with Gasteiger partial charge in [0.25, 0.3) is 0 Å². The first-order valence-electron chi connectivity index (χ1n) is 12.2. The lowest BCUT2D eigenvalue weighted by atomic mass is 10.0. The van der Waals surface area contributed by atoms with Crippen molar-refractivity contribution in [2.45, 2.75) is 72.0 Å². The van der Waals surface area contributed by atoms with Crippen molar-refractivity contribution in [2.75, 3.05) is 17.1 Å². The van der Waals surface area contributed by atoms with E-state index in [-0.39, 0.29) is 18.4 Å². The number of anilines is 1. The van der Waals surface area contributed by atoms with Crippen LogP contribution < -0.4 is 9.62 Å². The summed E-state index contributed by atoms with van der Waals surface area (Å²) in [7, 11) is -3.83. The molecule has 2 rings (SSSR count). The summed E-state index contributed by atoms with van der Waals surface area (Å²) < 4.78 is 26.9. The quantitative estimate of drug-likeness (QED) is 0.403. The molecule has 0 saturated heterocycles. The number of hydrogen-bond acceptors (Lipinski definition) is 4. The molecule has 2 aromatic carbocycles. The summed E-state index contributed by atoms with van der Waals surface area (Å²) in [4.78, 5) is 28.5. The fourth-order valence-corrected chi connectivity index (χ4v) is 5.34. The Kier molecular flexibility index (Phi) is 10.5. The monoisotopic (exact) mass is 569 g/mol. The third-order valence-electron chi connectivity index (χ3n) is 5.75. The Hall–Kier alpha value is -2.29. The number of benzene rings is 2. The van der Waals surface area contributed by atoms with Gasteiger partial charge in [-0.05, 0) is 62.4 Å². The summed E-state index contributed by atoms with van der Waals surface area (Å²) in [5, 5.41) is 3.73. The first kappa shape index (κ1) is 30.9. The number of carbonyl (C=O) groups is 2. The molecule has 0 unspecified atom stereocenters. The molecule has 10 heteroatoms. The molecule has 0 spiro atoms. The SMILES string of the molecule is CC[C@H](C(=O)NC(C)(C)C)N(Cc1ccc(Cl)cc1Cl)C(=O)CN(c1ccccc1C(C)C)S(C)(=O)=O. The summed E-state index contributed by atoms with van der Waals surface area (Å²) in [5.74, 6) is -0.826. The number of sulfonamides is 1. The van der Waals surface area contributed by atoms with Crippen LogP contribution in [-0.2, 0) is 26.2 Å². The molecule has 7 nitrogen and oxygen atoms in total. The lowest BCUT2D eigenvalue weighted by Crippen LogP contribution is -2.55. The fourth-order valence-electron chi connectivity index (χ4n) is 4.00. The van der Waals surface area contributed by atoms with Gasteiger partial charge in [0.05, 0.1) is 11.9 Å². The normalized spacial score (nSPS) is 12.8. The highest BCUT2D eigenvalue weighted by molar-refractivity contribution is 7.92. The van der Waals surface area contributed by atoms with Crippen molar-refractivity contribution in [2.24, 2.45) is 0 Å². The molecule has 1 atom stereocenters. The van der Waals surface area contributed by atoms with E-state index in [4.69, 9.17) is 23.2 Å². The summed E-state index contributed by atoms with van der Waals surface area (Å²) in [6.45, 7) is 10.8. The molecule has 0 radical (unpaired) electrons. The van der Waals surface area contributed by atoms with E-state index in [1.54, 1.807) is 37.3 Å². The molecule has 0 saturated carbocycles. The maximum atomic E-state index is 13.9. The van der Waals surface area contributed by atoms with E-state index in [1.165, 1.54) is 4.90 Å². The van der Waals surface area contributed by atoms with E-state index in [2.05, 4.69) is 5.32 Å². The summed E-state index contributed by atoms with van der Waals surface area (Å²) in [5.41, 5.74) is 1.30. The van der Waals surface area contributed by atoms with Crippen LogP contribution in [0.15, 0.2) is 42.5 Å². The highest BCUT2D eigenvalue weighted by Gasteiger charge is 2.34. The third-order valence-corrected chi connectivity index (χ3v) is 7.46. The summed E-state index contributed by atoms with van der Waals surface area (Å²) in [6.07, 6.45) is 1.39. The predicted octanol–water partition coefficient (Wildman–Crippen LogP) is 5.60. The Morgan fingerprint density at radius 1 is 1.05 bits per heavy atom. The van der Waals surface area contributed by atoms with E-state index in [1.807, 2.05) is 46.8 Å². The molecular weight excluding hydrogens is 533 g/mol. The van der Waals surface area contributed by atoms with Crippen LogP contribution >= 0.6 is 23.2 Å². The van der Waals surface area contributed by atoms with Crippen LogP contribution in [0.5, 0.6) is 0 Å². The van der Waals surface area contributed by atoms with Crippen LogP contribution in [0.25, 0.3) is 0 Å². The van der Waals surface area contributed by atoms with Crippen LogP contribution in [-0.4, -0.2) is 49.5 Å². The number of nitrogens with zero attached hydrogens (tertiary/aromatic N) is 2. The smallest absolute Gasteiger partial charge is 0.244 e. The molecule has 0 heterocycles. The molecule has 0 bridgehead atoms. The minimum Gasteiger partial charge on any atom is -0.350 e. The van der Waals surface area contributed by atoms with E-state index in [0.29, 0.717) is 27.7 Å². The minimum absolute atomic E-state index is 0.00827. The number of rotatable bonds is 10. The number of carbonyl (C=O) groups excluding carboxylic acids is 2. The molecule has 0 aliphatic heterocycles. The van der Waals surface area contributed by atoms with Crippen molar-refractivity contribution >= 4 is 50.7 Å². The summed E-state index contributed by atoms with van der Waals surface area (Å²) in [6, 6.07) is 11.2. The van der Waals surface area contributed by atoms with Gasteiger partial charge in [-0.2, -0.15) is 0 Å². The second-order valence-electron chi connectivity index (χ2n) is 10.4. The lowest BCUT2D eigenvalue weighted by Gasteiger charge is -2.35. The van der Waals surface area contributed by atoms with Gasteiger partial charge in [-0.15, -0.1) is 0 Å². The first-order chi connectivity index (χ1) is 17.0. The minimum atomic E-state index is -3.83. The van der Waals surface area contributed by atoms with Gasteiger partial charge in [0.1, 0.15) is 12.6 Å². The van der Waals surface area contributed by atoms with Crippen molar-refractivity contribution in [1.82, 2.24) is 10.2 Å². The molecule has 0 aromatic heterocycles. The Bertz CT molecular complexity index is 1230. The van der Waals surface area contributed by atoms with E-state index >= 15 is 0 Å². The molecule has 2 amide bonds. The maximum absolute atomic E-state index is 13.9. The Labute approximate surface area is 231 Å². The van der Waals surface area contributed by atoms with Gasteiger partial charge >= 0.3 is 0 Å². The highest BCUT2D eigenvalue weighted by atomic mass is 35.5. The lowest BCUT2D eigenvalue weighted by molar-refractivity contribution is -0.141. The number of hydrogen-bond donors (Lipinski definition) is 1. The van der Waals surface area contributed by atoms with E-state index in [9.17, 15) is 18.0 Å². The molecule has 2 aromatic rings. The fraction of sp³-hybridized carbons (Fsp3) is 0.481. The van der Waals surface area contributed by atoms with Crippen LogP contribution in [0.2, 0.25) is 10.0 Å². The zero-order valence-corrected chi connectivity index (χ0v) is 24.8. The van der Waals surface area contributed by atoms with Gasteiger partial charge in [0, 0.05) is 22.1 Å². The van der Waals surface area contributed by atoms with E-state index < -0.39 is 34.1 Å². The van der Waals surface area contributed by atoms with Gasteiger partial charge < -0.3 is 10.2 Å². The van der Waals surface area contributed by atoms with Crippen molar-refractivity contribution in [3.63, 3.8) is 0 Å². The van der Waals surface area contributed by atoms with Crippen LogP contribution in [0.1, 0.15) is 65.0 Å². The maximum Gasteiger partial charge on any atom is 0.244 e. The number of amides is 2. The Morgan fingerprint density at radius 2 is 1.68 bits per heavy atom. The van der Waals surface area contributed by atoms with E-state index in [0.717, 1.165) is 16.1 Å². The molecule has 204 valence electrons. The van der Waals surface area contributed by atoms with Gasteiger partial charge in [-0.25, -0.2) is 8.42 Å². The topological polar surface area (TPSA) is 86.8 Å². The predicted molar refractivity (Wildman–Crippen MR) is 152 cm³/mol. The standard InChI is InChI=1S/C27H37Cl2N3O4S/c1-8-23(26(34)30-27(4,5)6)31(16-19-13-14-20(28)15-22(19)29)25(33)17-32(37(7,35)36)24-12-10-9-11-21(24)18(2)3/h9-15,18,23H,8,16-17H2,1-7H3,(H,30,34)/t23-/m1/s1. The first-order valence-corrected chi connectivity index (χ1v) is 14.8. The van der Waals surface area contributed by atoms with Gasteiger partial charge in [0.2, 0.25) is 21.8 Å². The average molecular weight is 571 g/mol.